The van der Waals surface area contributed by atoms with Gasteiger partial charge < -0.3 is 15.4 Å². The Bertz CT molecular complexity index is 1430. The molecule has 182 valence electrons. The van der Waals surface area contributed by atoms with Crippen molar-refractivity contribution in [1.82, 2.24) is 15.0 Å². The Balaban J connectivity index is 1.35. The smallest absolute Gasteiger partial charge is 0.417 e. The number of aromatic nitrogens is 3. The number of urea groups is 1. The van der Waals surface area contributed by atoms with E-state index in [4.69, 9.17) is 21.6 Å². The van der Waals surface area contributed by atoms with Gasteiger partial charge in [0.15, 0.2) is 0 Å². The van der Waals surface area contributed by atoms with Crippen molar-refractivity contribution < 1.29 is 22.7 Å². The molecule has 0 spiro atoms. The zero-order valence-electron chi connectivity index (χ0n) is 18.3. The topological polar surface area (TPSA) is 105 Å². The van der Waals surface area contributed by atoms with Crippen molar-refractivity contribution >= 4 is 29.0 Å². The summed E-state index contributed by atoms with van der Waals surface area (Å²) in [5, 5.41) is 21.4. The summed E-state index contributed by atoms with van der Waals surface area (Å²) in [7, 11) is 0. The van der Waals surface area contributed by atoms with Gasteiger partial charge >= 0.3 is 12.2 Å². The molecule has 4 rings (SSSR count). The van der Waals surface area contributed by atoms with E-state index in [1.54, 1.807) is 59.4 Å². The summed E-state index contributed by atoms with van der Waals surface area (Å²) < 4.78 is 46.3. The third-order valence-corrected chi connectivity index (χ3v) is 5.14. The number of nitrogens with one attached hydrogen (secondary N) is 2. The van der Waals surface area contributed by atoms with Gasteiger partial charge in [-0.15, -0.1) is 5.10 Å². The molecule has 0 aliphatic rings. The molecule has 0 atom stereocenters. The van der Waals surface area contributed by atoms with E-state index in [9.17, 15) is 18.0 Å². The summed E-state index contributed by atoms with van der Waals surface area (Å²) in [5.41, 5.74) is 1.04. The molecule has 0 saturated heterocycles. The van der Waals surface area contributed by atoms with Gasteiger partial charge in [-0.25, -0.2) is 9.48 Å². The monoisotopic (exact) mass is 512 g/mol. The molecule has 0 radical (unpaired) electrons. The highest BCUT2D eigenvalue weighted by molar-refractivity contribution is 6.31. The van der Waals surface area contributed by atoms with Crippen LogP contribution in [0, 0.1) is 11.3 Å². The van der Waals surface area contributed by atoms with Gasteiger partial charge in [-0.2, -0.15) is 18.4 Å². The SMILES string of the molecule is N#Cc1ccc(-n2cc(COc3cccc(NC(=O)Nc4ccc(Cl)c(C(F)(F)F)c4)c3)nn2)cc1. The predicted octanol–water partition coefficient (Wildman–Crippen LogP) is 6.03. The maximum atomic E-state index is 13.0. The minimum absolute atomic E-state index is 0.0676. The quantitative estimate of drug-likeness (QED) is 0.328. The van der Waals surface area contributed by atoms with Crippen molar-refractivity contribution in [3.05, 3.63) is 94.8 Å². The van der Waals surface area contributed by atoms with Crippen LogP contribution in [0.25, 0.3) is 5.69 Å². The minimum atomic E-state index is -4.65. The maximum Gasteiger partial charge on any atom is 0.417 e. The summed E-state index contributed by atoms with van der Waals surface area (Å²) in [6.45, 7) is 0.0942. The third kappa shape index (κ3) is 6.11. The number of hydrogen-bond acceptors (Lipinski definition) is 5. The molecule has 0 saturated carbocycles. The Morgan fingerprint density at radius 1 is 1.06 bits per heavy atom. The molecule has 1 heterocycles. The number of carbonyl (C=O) groups excluding carboxylic acids is 1. The van der Waals surface area contributed by atoms with E-state index in [1.807, 2.05) is 6.07 Å². The molecule has 0 fully saturated rings. The molecule has 4 aromatic rings. The summed E-state index contributed by atoms with van der Waals surface area (Å²) in [5.74, 6) is 0.423. The van der Waals surface area contributed by atoms with Gasteiger partial charge in [0.05, 0.1) is 34.1 Å². The van der Waals surface area contributed by atoms with Crippen LogP contribution in [0.3, 0.4) is 0 Å². The number of nitriles is 1. The average molecular weight is 513 g/mol. The van der Waals surface area contributed by atoms with E-state index in [0.717, 1.165) is 17.8 Å². The van der Waals surface area contributed by atoms with Crippen molar-refractivity contribution in [2.24, 2.45) is 0 Å². The molecule has 0 unspecified atom stereocenters. The van der Waals surface area contributed by atoms with E-state index in [-0.39, 0.29) is 12.3 Å². The number of carbonyl (C=O) groups is 1. The van der Waals surface area contributed by atoms with Crippen LogP contribution in [0.1, 0.15) is 16.8 Å². The Hall–Kier alpha value is -4.56. The van der Waals surface area contributed by atoms with Crippen LogP contribution in [0.5, 0.6) is 5.75 Å². The first-order chi connectivity index (χ1) is 17.2. The molecule has 2 N–H and O–H groups in total. The maximum absolute atomic E-state index is 13.0. The van der Waals surface area contributed by atoms with Gasteiger partial charge in [0.1, 0.15) is 18.1 Å². The molecule has 0 aliphatic carbocycles. The van der Waals surface area contributed by atoms with E-state index >= 15 is 0 Å². The first kappa shape index (κ1) is 24.6. The lowest BCUT2D eigenvalue weighted by Gasteiger charge is -2.13. The number of alkyl halides is 3. The second kappa shape index (κ2) is 10.4. The number of nitrogens with zero attached hydrogens (tertiary/aromatic N) is 4. The zero-order chi connectivity index (χ0) is 25.7. The molecule has 0 bridgehead atoms. The van der Waals surface area contributed by atoms with Crippen LogP contribution in [0.4, 0.5) is 29.3 Å². The van der Waals surface area contributed by atoms with Gasteiger partial charge in [-0.05, 0) is 54.6 Å². The van der Waals surface area contributed by atoms with Gasteiger partial charge in [0.25, 0.3) is 0 Å². The number of amides is 2. The molecular formula is C24H16ClF3N6O2. The van der Waals surface area contributed by atoms with Crippen LogP contribution >= 0.6 is 11.6 Å². The lowest BCUT2D eigenvalue weighted by molar-refractivity contribution is -0.137. The molecule has 8 nitrogen and oxygen atoms in total. The molecule has 2 amide bonds. The Labute approximate surface area is 207 Å². The molecule has 12 heteroatoms. The summed E-state index contributed by atoms with van der Waals surface area (Å²) >= 11 is 5.60. The molecular weight excluding hydrogens is 497 g/mol. The molecule has 36 heavy (non-hydrogen) atoms. The van der Waals surface area contributed by atoms with Crippen LogP contribution in [-0.2, 0) is 12.8 Å². The lowest BCUT2D eigenvalue weighted by atomic mass is 10.2. The standard InChI is InChI=1S/C24H16ClF3N6O2/c25-22-9-6-17(11-21(22)24(26,27)28)31-23(35)30-16-2-1-3-20(10-16)36-14-18-13-34(33-32-18)19-7-4-15(12-29)5-8-19/h1-11,13H,14H2,(H2,30,31,35). The third-order valence-electron chi connectivity index (χ3n) is 4.81. The van der Waals surface area contributed by atoms with E-state index < -0.39 is 22.8 Å². The molecule has 1 aromatic heterocycles. The fourth-order valence-corrected chi connectivity index (χ4v) is 3.34. The molecule has 3 aromatic carbocycles. The highest BCUT2D eigenvalue weighted by atomic mass is 35.5. The average Bonchev–Trinajstić information content (AvgIpc) is 3.33. The van der Waals surface area contributed by atoms with Crippen molar-refractivity contribution in [1.29, 1.82) is 5.26 Å². The molecule has 0 aliphatic heterocycles. The highest BCUT2D eigenvalue weighted by Crippen LogP contribution is 2.36. The second-order valence-corrected chi connectivity index (χ2v) is 7.81. The second-order valence-electron chi connectivity index (χ2n) is 7.40. The first-order valence-corrected chi connectivity index (χ1v) is 10.7. The van der Waals surface area contributed by atoms with Crippen LogP contribution in [0.2, 0.25) is 5.02 Å². The fraction of sp³-hybridized carbons (Fsp3) is 0.0833. The van der Waals surface area contributed by atoms with Gasteiger partial charge in [0.2, 0.25) is 0 Å². The number of anilines is 2. The summed E-state index contributed by atoms with van der Waals surface area (Å²) in [4.78, 5) is 12.3. The summed E-state index contributed by atoms with van der Waals surface area (Å²) in [6, 6.07) is 17.7. The van der Waals surface area contributed by atoms with E-state index in [1.165, 1.54) is 6.07 Å². The zero-order valence-corrected chi connectivity index (χ0v) is 19.0. The largest absolute Gasteiger partial charge is 0.487 e. The number of halogens is 4. The van der Waals surface area contributed by atoms with Gasteiger partial charge in [0, 0.05) is 17.4 Å². The van der Waals surface area contributed by atoms with E-state index in [0.29, 0.717) is 22.7 Å². The van der Waals surface area contributed by atoms with Gasteiger partial charge in [-0.1, -0.05) is 22.9 Å². The fourth-order valence-electron chi connectivity index (χ4n) is 3.11. The first-order valence-electron chi connectivity index (χ1n) is 10.3. The van der Waals surface area contributed by atoms with Crippen molar-refractivity contribution in [3.63, 3.8) is 0 Å². The van der Waals surface area contributed by atoms with E-state index in [2.05, 4.69) is 20.9 Å². The van der Waals surface area contributed by atoms with Crippen molar-refractivity contribution in [2.75, 3.05) is 10.6 Å². The van der Waals surface area contributed by atoms with Crippen LogP contribution < -0.4 is 15.4 Å². The van der Waals surface area contributed by atoms with Crippen molar-refractivity contribution in [3.8, 4) is 17.5 Å². The van der Waals surface area contributed by atoms with Crippen LogP contribution in [0.15, 0.2) is 72.9 Å². The number of rotatable bonds is 6. The van der Waals surface area contributed by atoms with Crippen LogP contribution in [-0.4, -0.2) is 21.0 Å². The lowest BCUT2D eigenvalue weighted by Crippen LogP contribution is -2.20. The Morgan fingerprint density at radius 3 is 2.47 bits per heavy atom. The Morgan fingerprint density at radius 2 is 1.78 bits per heavy atom. The van der Waals surface area contributed by atoms with Gasteiger partial charge in [-0.3, -0.25) is 0 Å². The number of ether oxygens (including phenoxy) is 1. The highest BCUT2D eigenvalue weighted by Gasteiger charge is 2.33. The minimum Gasteiger partial charge on any atom is -0.487 e. The Kier molecular flexibility index (Phi) is 7.07. The van der Waals surface area contributed by atoms with Crippen molar-refractivity contribution in [2.45, 2.75) is 12.8 Å². The number of benzene rings is 3. The predicted molar refractivity (Wildman–Crippen MR) is 126 cm³/mol. The summed E-state index contributed by atoms with van der Waals surface area (Å²) in [6.07, 6.45) is -2.97. The normalized spacial score (nSPS) is 11.0. The number of hydrogen-bond donors (Lipinski definition) is 2.